The third-order valence-corrected chi connectivity index (χ3v) is 6.04. The number of carbonyl (C=O) groups excluding carboxylic acids is 1. The Balaban J connectivity index is 1.54. The second-order valence-electron chi connectivity index (χ2n) is 9.20. The van der Waals surface area contributed by atoms with E-state index in [1.807, 2.05) is 18.2 Å². The van der Waals surface area contributed by atoms with E-state index in [0.29, 0.717) is 49.6 Å². The van der Waals surface area contributed by atoms with E-state index in [1.54, 1.807) is 24.4 Å². The van der Waals surface area contributed by atoms with Crippen molar-refractivity contribution in [2.24, 2.45) is 0 Å². The van der Waals surface area contributed by atoms with Crippen LogP contribution in [0.5, 0.6) is 11.6 Å². The average Bonchev–Trinajstić information content (AvgIpc) is 2.93. The van der Waals surface area contributed by atoms with Gasteiger partial charge in [-0.3, -0.25) is 4.79 Å². The minimum Gasteiger partial charge on any atom is -0.437 e. The Hall–Kier alpha value is -4.15. The number of hydrogen-bond acceptors (Lipinski definition) is 9. The number of carbonyl (C=O) groups is 1. The minimum absolute atomic E-state index is 0.292. The molecule has 2 aromatic carbocycles. The molecule has 0 spiro atoms. The van der Waals surface area contributed by atoms with E-state index >= 15 is 0 Å². The summed E-state index contributed by atoms with van der Waals surface area (Å²) in [5.74, 6) is 1.08. The maximum Gasteiger partial charge on any atom is 0.248 e. The lowest BCUT2D eigenvalue weighted by Crippen LogP contribution is -2.36. The van der Waals surface area contributed by atoms with Crippen molar-refractivity contribution < 1.29 is 14.3 Å². The maximum absolute atomic E-state index is 11.7. The first-order valence-electron chi connectivity index (χ1n) is 12.6. The van der Waals surface area contributed by atoms with Crippen LogP contribution in [0.25, 0.3) is 0 Å². The molecule has 0 radical (unpaired) electrons. The number of aromatic nitrogens is 2. The van der Waals surface area contributed by atoms with Gasteiger partial charge in [0.25, 0.3) is 0 Å². The summed E-state index contributed by atoms with van der Waals surface area (Å²) >= 11 is 0. The molecule has 1 aliphatic rings. The van der Waals surface area contributed by atoms with Crippen molar-refractivity contribution in [3.63, 3.8) is 0 Å². The highest BCUT2D eigenvalue weighted by Crippen LogP contribution is 2.33. The Labute approximate surface area is 223 Å². The highest BCUT2D eigenvalue weighted by Gasteiger charge is 2.19. The normalized spacial score (nSPS) is 13.2. The molecular weight excluding hydrogens is 482 g/mol. The third kappa shape index (κ3) is 7.44. The zero-order chi connectivity index (χ0) is 26.9. The van der Waals surface area contributed by atoms with Crippen molar-refractivity contribution in [1.29, 1.82) is 0 Å². The first kappa shape index (κ1) is 26.9. The molecular formula is C28H35N7O3. The summed E-state index contributed by atoms with van der Waals surface area (Å²) in [5.41, 5.74) is 3.38. The van der Waals surface area contributed by atoms with Gasteiger partial charge in [-0.05, 0) is 56.6 Å². The van der Waals surface area contributed by atoms with E-state index in [4.69, 9.17) is 14.5 Å². The lowest BCUT2D eigenvalue weighted by atomic mass is 10.2. The lowest BCUT2D eigenvalue weighted by molar-refractivity contribution is -0.111. The second-order valence-corrected chi connectivity index (χ2v) is 9.20. The van der Waals surface area contributed by atoms with Gasteiger partial charge in [0.05, 0.1) is 19.4 Å². The molecule has 0 bridgehead atoms. The Morgan fingerprint density at radius 2 is 1.87 bits per heavy atom. The van der Waals surface area contributed by atoms with Gasteiger partial charge in [-0.15, -0.1) is 0 Å². The van der Waals surface area contributed by atoms with Crippen LogP contribution in [0.15, 0.2) is 67.4 Å². The molecule has 0 atom stereocenters. The molecule has 0 unspecified atom stereocenters. The largest absolute Gasteiger partial charge is 0.437 e. The fraction of sp³-hybridized carbons (Fsp3) is 0.321. The van der Waals surface area contributed by atoms with Gasteiger partial charge in [-0.2, -0.15) is 4.98 Å². The molecule has 1 aliphatic heterocycles. The molecule has 1 saturated heterocycles. The highest BCUT2D eigenvalue weighted by molar-refractivity contribution is 5.98. The molecule has 1 aromatic heterocycles. The predicted molar refractivity (Wildman–Crippen MR) is 152 cm³/mol. The first-order valence-corrected chi connectivity index (χ1v) is 12.6. The second kappa shape index (κ2) is 12.9. The number of nitrogens with one attached hydrogen (secondary N) is 2. The van der Waals surface area contributed by atoms with Crippen LogP contribution < -0.4 is 25.2 Å². The summed E-state index contributed by atoms with van der Waals surface area (Å²) in [6.07, 6.45) is 2.99. The van der Waals surface area contributed by atoms with Crippen LogP contribution in [0.3, 0.4) is 0 Å². The van der Waals surface area contributed by atoms with Gasteiger partial charge < -0.3 is 34.8 Å². The summed E-state index contributed by atoms with van der Waals surface area (Å²) in [6, 6.07) is 15.3. The first-order chi connectivity index (χ1) is 18.4. The van der Waals surface area contributed by atoms with Gasteiger partial charge in [0.1, 0.15) is 11.4 Å². The number of amides is 1. The van der Waals surface area contributed by atoms with Gasteiger partial charge in [-0.25, -0.2) is 4.98 Å². The Bertz CT molecular complexity index is 1230. The van der Waals surface area contributed by atoms with Crippen LogP contribution in [0.4, 0.5) is 28.7 Å². The smallest absolute Gasteiger partial charge is 0.248 e. The number of likely N-dealkylation sites (N-methyl/N-ethyl adjacent to an activating group) is 2. The zero-order valence-corrected chi connectivity index (χ0v) is 22.2. The van der Waals surface area contributed by atoms with E-state index in [9.17, 15) is 4.79 Å². The topological polar surface area (TPSA) is 95.1 Å². The van der Waals surface area contributed by atoms with Gasteiger partial charge in [0, 0.05) is 56.4 Å². The standard InChI is InChI=1S/C28H35N7O3/c1-5-26(36)30-22-7-6-8-24(19-22)38-27-25(35-15-17-37-18-16-35)20-29-28(32-27)31-21-9-11-23(12-10-21)34(4)14-13-33(2)3/h5-12,19-20H,1,13-18H2,2-4H3,(H,30,36)(H,29,31,32). The molecule has 200 valence electrons. The molecule has 2 heterocycles. The number of hydrogen-bond donors (Lipinski definition) is 2. The van der Waals surface area contributed by atoms with E-state index in [-0.39, 0.29) is 5.91 Å². The van der Waals surface area contributed by atoms with E-state index in [0.717, 1.165) is 30.2 Å². The van der Waals surface area contributed by atoms with Gasteiger partial charge in [0.15, 0.2) is 0 Å². The summed E-state index contributed by atoms with van der Waals surface area (Å²) in [4.78, 5) is 27.5. The van der Waals surface area contributed by atoms with Crippen molar-refractivity contribution >= 4 is 34.6 Å². The summed E-state index contributed by atoms with van der Waals surface area (Å²) in [5, 5.41) is 6.03. The highest BCUT2D eigenvalue weighted by atomic mass is 16.5. The molecule has 10 nitrogen and oxygen atoms in total. The Kier molecular flexibility index (Phi) is 9.12. The minimum atomic E-state index is -0.292. The van der Waals surface area contributed by atoms with E-state index in [1.165, 1.54) is 6.08 Å². The number of anilines is 5. The van der Waals surface area contributed by atoms with Crippen molar-refractivity contribution in [2.45, 2.75) is 0 Å². The number of nitrogens with zero attached hydrogens (tertiary/aromatic N) is 5. The summed E-state index contributed by atoms with van der Waals surface area (Å²) in [7, 11) is 6.22. The molecule has 38 heavy (non-hydrogen) atoms. The predicted octanol–water partition coefficient (Wildman–Crippen LogP) is 3.97. The molecule has 0 saturated carbocycles. The van der Waals surface area contributed by atoms with E-state index in [2.05, 4.69) is 70.2 Å². The average molecular weight is 518 g/mol. The fourth-order valence-electron chi connectivity index (χ4n) is 3.87. The van der Waals surface area contributed by atoms with Crippen LogP contribution in [-0.4, -0.2) is 81.3 Å². The van der Waals surface area contributed by atoms with Gasteiger partial charge in [-0.1, -0.05) is 12.6 Å². The fourth-order valence-corrected chi connectivity index (χ4v) is 3.87. The van der Waals surface area contributed by atoms with Crippen LogP contribution in [0, 0.1) is 0 Å². The third-order valence-electron chi connectivity index (χ3n) is 6.04. The SMILES string of the molecule is C=CC(=O)Nc1cccc(Oc2nc(Nc3ccc(N(C)CCN(C)C)cc3)ncc2N2CCOCC2)c1. The number of rotatable bonds is 11. The summed E-state index contributed by atoms with van der Waals surface area (Å²) in [6.45, 7) is 8.08. The van der Waals surface area contributed by atoms with Crippen LogP contribution >= 0.6 is 0 Å². The van der Waals surface area contributed by atoms with Crippen LogP contribution in [0.1, 0.15) is 0 Å². The van der Waals surface area contributed by atoms with Crippen molar-refractivity contribution in [1.82, 2.24) is 14.9 Å². The Morgan fingerprint density at radius 1 is 1.11 bits per heavy atom. The van der Waals surface area contributed by atoms with Gasteiger partial charge in [0.2, 0.25) is 17.7 Å². The zero-order valence-electron chi connectivity index (χ0n) is 22.2. The summed E-state index contributed by atoms with van der Waals surface area (Å²) < 4.78 is 11.7. The molecule has 0 aliphatic carbocycles. The molecule has 3 aromatic rings. The van der Waals surface area contributed by atoms with Crippen molar-refractivity contribution in [3.05, 3.63) is 67.4 Å². The van der Waals surface area contributed by atoms with E-state index < -0.39 is 0 Å². The lowest BCUT2D eigenvalue weighted by Gasteiger charge is -2.29. The van der Waals surface area contributed by atoms with Crippen molar-refractivity contribution in [3.8, 4) is 11.6 Å². The number of benzene rings is 2. The Morgan fingerprint density at radius 3 is 2.58 bits per heavy atom. The van der Waals surface area contributed by atoms with Crippen molar-refractivity contribution in [2.75, 3.05) is 81.0 Å². The molecule has 1 fully saturated rings. The monoisotopic (exact) mass is 517 g/mol. The molecule has 2 N–H and O–H groups in total. The van der Waals surface area contributed by atoms with Crippen LogP contribution in [-0.2, 0) is 9.53 Å². The van der Waals surface area contributed by atoms with Gasteiger partial charge >= 0.3 is 0 Å². The number of ether oxygens (including phenoxy) is 2. The quantitative estimate of drug-likeness (QED) is 0.366. The molecule has 1 amide bonds. The number of morpholine rings is 1. The molecule has 10 heteroatoms. The molecule has 4 rings (SSSR count). The van der Waals surface area contributed by atoms with Crippen LogP contribution in [0.2, 0.25) is 0 Å². The maximum atomic E-state index is 11.7.